The molecule has 0 bridgehead atoms. The van der Waals surface area contributed by atoms with Gasteiger partial charge in [0.25, 0.3) is 5.91 Å². The number of carbonyl (C=O) groups excluding carboxylic acids is 2. The van der Waals surface area contributed by atoms with Gasteiger partial charge >= 0.3 is 5.97 Å². The van der Waals surface area contributed by atoms with E-state index in [1.807, 2.05) is 12.1 Å². The minimum atomic E-state index is -0.456. The first-order chi connectivity index (χ1) is 13.1. The third-order valence-electron chi connectivity index (χ3n) is 3.13. The fourth-order valence-electron chi connectivity index (χ4n) is 1.97. The van der Waals surface area contributed by atoms with E-state index in [2.05, 4.69) is 26.5 Å². The van der Waals surface area contributed by atoms with Gasteiger partial charge in [0, 0.05) is 10.0 Å². The number of nitrogens with one attached hydrogen (secondary N) is 1. The number of hydrogen-bond donors (Lipinski definition) is 1. The van der Waals surface area contributed by atoms with Crippen LogP contribution in [0.3, 0.4) is 0 Å². The van der Waals surface area contributed by atoms with Crippen LogP contribution in [0, 0.1) is 0 Å². The van der Waals surface area contributed by atoms with Gasteiger partial charge in [-0.1, -0.05) is 34.1 Å². The number of halogens is 1. The van der Waals surface area contributed by atoms with E-state index in [4.69, 9.17) is 14.2 Å². The molecule has 1 N–H and O–H groups in total. The Morgan fingerprint density at radius 3 is 2.70 bits per heavy atom. The van der Waals surface area contributed by atoms with Gasteiger partial charge in [0.15, 0.2) is 13.2 Å². The summed E-state index contributed by atoms with van der Waals surface area (Å²) in [5, 5.41) is 3.89. The standard InChI is InChI=1S/C19H19BrN2O5/c1-2-25-19(24)13-27-17-9-4-3-6-14(17)11-21-22-18(23)12-26-16-8-5-7-15(20)10-16/h3-11H,2,12-13H2,1H3,(H,22,23)/b21-11+. The van der Waals surface area contributed by atoms with Crippen molar-refractivity contribution in [1.29, 1.82) is 0 Å². The van der Waals surface area contributed by atoms with Crippen LogP contribution in [0.4, 0.5) is 0 Å². The first kappa shape index (κ1) is 20.4. The highest BCUT2D eigenvalue weighted by molar-refractivity contribution is 9.10. The van der Waals surface area contributed by atoms with Gasteiger partial charge in [-0.2, -0.15) is 5.10 Å². The summed E-state index contributed by atoms with van der Waals surface area (Å²) < 4.78 is 16.5. The predicted octanol–water partition coefficient (Wildman–Crippen LogP) is 2.92. The summed E-state index contributed by atoms with van der Waals surface area (Å²) >= 11 is 3.33. The molecule has 142 valence electrons. The molecular formula is C19H19BrN2O5. The zero-order chi connectivity index (χ0) is 19.5. The molecule has 0 atom stereocenters. The van der Waals surface area contributed by atoms with Gasteiger partial charge in [-0.05, 0) is 37.3 Å². The number of nitrogens with zero attached hydrogens (tertiary/aromatic N) is 1. The van der Waals surface area contributed by atoms with E-state index >= 15 is 0 Å². The van der Waals surface area contributed by atoms with Gasteiger partial charge in [-0.3, -0.25) is 4.79 Å². The fourth-order valence-corrected chi connectivity index (χ4v) is 2.35. The summed E-state index contributed by atoms with van der Waals surface area (Å²) in [6.07, 6.45) is 1.43. The Morgan fingerprint density at radius 1 is 1.11 bits per heavy atom. The lowest BCUT2D eigenvalue weighted by Gasteiger charge is -2.08. The number of para-hydroxylation sites is 1. The number of hydrogen-bond acceptors (Lipinski definition) is 6. The van der Waals surface area contributed by atoms with E-state index in [0.717, 1.165) is 4.47 Å². The van der Waals surface area contributed by atoms with Crippen LogP contribution in [-0.4, -0.2) is 37.9 Å². The zero-order valence-corrected chi connectivity index (χ0v) is 16.3. The molecule has 7 nitrogen and oxygen atoms in total. The van der Waals surface area contributed by atoms with Gasteiger partial charge in [-0.15, -0.1) is 0 Å². The van der Waals surface area contributed by atoms with Crippen LogP contribution in [0.1, 0.15) is 12.5 Å². The molecule has 0 aliphatic heterocycles. The van der Waals surface area contributed by atoms with Crippen LogP contribution in [0.2, 0.25) is 0 Å². The first-order valence-corrected chi connectivity index (χ1v) is 8.95. The minimum absolute atomic E-state index is 0.172. The quantitative estimate of drug-likeness (QED) is 0.372. The fraction of sp³-hybridized carbons (Fsp3) is 0.211. The number of amides is 1. The van der Waals surface area contributed by atoms with Gasteiger partial charge < -0.3 is 14.2 Å². The molecule has 0 radical (unpaired) electrons. The number of esters is 1. The second-order valence-electron chi connectivity index (χ2n) is 5.17. The highest BCUT2D eigenvalue weighted by Gasteiger charge is 2.06. The highest BCUT2D eigenvalue weighted by Crippen LogP contribution is 2.17. The van der Waals surface area contributed by atoms with Crippen LogP contribution in [0.25, 0.3) is 0 Å². The molecule has 0 saturated carbocycles. The molecule has 1 amide bonds. The second kappa shape index (κ2) is 11.0. The molecule has 8 heteroatoms. The lowest BCUT2D eigenvalue weighted by atomic mass is 10.2. The van der Waals surface area contributed by atoms with Crippen molar-refractivity contribution in [3.05, 3.63) is 58.6 Å². The smallest absolute Gasteiger partial charge is 0.344 e. The Balaban J connectivity index is 1.84. The van der Waals surface area contributed by atoms with Gasteiger partial charge in [0.1, 0.15) is 11.5 Å². The Bertz CT molecular complexity index is 810. The molecule has 0 unspecified atom stereocenters. The lowest BCUT2D eigenvalue weighted by molar-refractivity contribution is -0.145. The summed E-state index contributed by atoms with van der Waals surface area (Å²) in [6, 6.07) is 14.2. The summed E-state index contributed by atoms with van der Waals surface area (Å²) in [6.45, 7) is 1.64. The molecule has 2 aromatic carbocycles. The number of rotatable bonds is 9. The Hall–Kier alpha value is -2.87. The first-order valence-electron chi connectivity index (χ1n) is 8.16. The van der Waals surface area contributed by atoms with Crippen LogP contribution < -0.4 is 14.9 Å². The molecule has 0 aliphatic rings. The zero-order valence-electron chi connectivity index (χ0n) is 14.7. The molecule has 0 fully saturated rings. The van der Waals surface area contributed by atoms with Crippen LogP contribution in [0.15, 0.2) is 58.1 Å². The molecule has 2 aromatic rings. The van der Waals surface area contributed by atoms with Crippen LogP contribution in [-0.2, 0) is 14.3 Å². The molecule has 0 spiro atoms. The maximum Gasteiger partial charge on any atom is 0.344 e. The summed E-state index contributed by atoms with van der Waals surface area (Å²) in [5.74, 6) is 0.161. The van der Waals surface area contributed by atoms with Gasteiger partial charge in [0.2, 0.25) is 0 Å². The van der Waals surface area contributed by atoms with E-state index in [0.29, 0.717) is 23.7 Å². The topological polar surface area (TPSA) is 86.2 Å². The van der Waals surface area contributed by atoms with Crippen molar-refractivity contribution < 1.29 is 23.8 Å². The summed E-state index contributed by atoms with van der Waals surface area (Å²) in [5.41, 5.74) is 2.98. The Kier molecular flexibility index (Phi) is 8.31. The van der Waals surface area contributed by atoms with Crippen molar-refractivity contribution in [3.8, 4) is 11.5 Å². The van der Waals surface area contributed by atoms with Crippen LogP contribution in [0.5, 0.6) is 11.5 Å². The molecule has 0 heterocycles. The number of benzene rings is 2. The summed E-state index contributed by atoms with van der Waals surface area (Å²) in [7, 11) is 0. The monoisotopic (exact) mass is 434 g/mol. The third-order valence-corrected chi connectivity index (χ3v) is 3.62. The van der Waals surface area contributed by atoms with Crippen molar-refractivity contribution in [3.63, 3.8) is 0 Å². The number of hydrazone groups is 1. The average molecular weight is 435 g/mol. The largest absolute Gasteiger partial charge is 0.484 e. The number of carbonyl (C=O) groups is 2. The molecular weight excluding hydrogens is 416 g/mol. The minimum Gasteiger partial charge on any atom is -0.484 e. The van der Waals surface area contributed by atoms with E-state index in [1.165, 1.54) is 6.21 Å². The van der Waals surface area contributed by atoms with Crippen LogP contribution >= 0.6 is 15.9 Å². The Morgan fingerprint density at radius 2 is 1.93 bits per heavy atom. The van der Waals surface area contributed by atoms with Crippen molar-refractivity contribution in [2.45, 2.75) is 6.92 Å². The Labute approximate surface area is 165 Å². The molecule has 0 aromatic heterocycles. The number of ether oxygens (including phenoxy) is 3. The van der Waals surface area contributed by atoms with Crippen molar-refractivity contribution in [2.75, 3.05) is 19.8 Å². The second-order valence-corrected chi connectivity index (χ2v) is 6.09. The van der Waals surface area contributed by atoms with Gasteiger partial charge in [0.05, 0.1) is 12.8 Å². The van der Waals surface area contributed by atoms with Gasteiger partial charge in [-0.25, -0.2) is 10.2 Å². The molecule has 2 rings (SSSR count). The molecule has 0 aliphatic carbocycles. The predicted molar refractivity (Wildman–Crippen MR) is 104 cm³/mol. The van der Waals surface area contributed by atoms with E-state index in [9.17, 15) is 9.59 Å². The van der Waals surface area contributed by atoms with Crippen molar-refractivity contribution in [2.24, 2.45) is 5.10 Å². The average Bonchev–Trinajstić information content (AvgIpc) is 2.66. The van der Waals surface area contributed by atoms with Crippen molar-refractivity contribution in [1.82, 2.24) is 5.43 Å². The van der Waals surface area contributed by atoms with E-state index in [1.54, 1.807) is 43.3 Å². The maximum atomic E-state index is 11.8. The van der Waals surface area contributed by atoms with E-state index < -0.39 is 11.9 Å². The normalized spacial score (nSPS) is 10.4. The third kappa shape index (κ3) is 7.49. The lowest BCUT2D eigenvalue weighted by Crippen LogP contribution is -2.24. The maximum absolute atomic E-state index is 11.8. The SMILES string of the molecule is CCOC(=O)COc1ccccc1/C=N/NC(=O)COc1cccc(Br)c1. The molecule has 27 heavy (non-hydrogen) atoms. The summed E-state index contributed by atoms with van der Waals surface area (Å²) in [4.78, 5) is 23.2. The molecule has 0 saturated heterocycles. The highest BCUT2D eigenvalue weighted by atomic mass is 79.9. The van der Waals surface area contributed by atoms with E-state index in [-0.39, 0.29) is 13.2 Å². The van der Waals surface area contributed by atoms with Crippen molar-refractivity contribution >= 4 is 34.0 Å².